The molecule has 0 aliphatic heterocycles. The Balaban J connectivity index is 1.56. The van der Waals surface area contributed by atoms with E-state index in [9.17, 15) is 4.79 Å². The Morgan fingerprint density at radius 2 is 2.07 bits per heavy atom. The molecule has 1 aliphatic carbocycles. The molecule has 2 aromatic heterocycles. The molecule has 146 valence electrons. The normalized spacial score (nSPS) is 15.8. The lowest BCUT2D eigenvalue weighted by Crippen LogP contribution is -2.30. The molecular weight excluding hydrogens is 430 g/mol. The van der Waals surface area contributed by atoms with Crippen LogP contribution in [0.15, 0.2) is 47.1 Å². The van der Waals surface area contributed by atoms with Crippen molar-refractivity contribution in [1.29, 1.82) is 0 Å². The minimum absolute atomic E-state index is 0.000174. The average molecular weight is 450 g/mol. The zero-order valence-corrected chi connectivity index (χ0v) is 17.8. The van der Waals surface area contributed by atoms with E-state index in [1.807, 2.05) is 43.3 Å². The van der Waals surface area contributed by atoms with Crippen LogP contribution in [-0.2, 0) is 13.5 Å². The minimum Gasteiger partial charge on any atom is -0.383 e. The third-order valence-electron chi connectivity index (χ3n) is 5.89. The lowest BCUT2D eigenvalue weighted by atomic mass is 10.0. The van der Waals surface area contributed by atoms with E-state index in [1.54, 1.807) is 10.9 Å². The number of hydrogen-bond donors (Lipinski definition) is 1. The molecule has 5 rings (SSSR count). The van der Waals surface area contributed by atoms with Gasteiger partial charge in [-0.1, -0.05) is 22.0 Å². The number of anilines is 1. The maximum Gasteiger partial charge on any atom is 0.254 e. The number of carbonyl (C=O) groups is 1. The van der Waals surface area contributed by atoms with Gasteiger partial charge in [-0.3, -0.25) is 9.48 Å². The van der Waals surface area contributed by atoms with Crippen molar-refractivity contribution in [3.8, 4) is 0 Å². The number of aromatic nitrogens is 3. The molecule has 0 radical (unpaired) electrons. The molecule has 2 N–H and O–H groups in total. The summed E-state index contributed by atoms with van der Waals surface area (Å²) in [5.41, 5.74) is 10.9. The fraction of sp³-hybridized carbons (Fsp3) is 0.227. The van der Waals surface area contributed by atoms with Crippen molar-refractivity contribution in [2.75, 3.05) is 12.8 Å². The number of carbonyl (C=O) groups excluding carboxylic acids is 1. The van der Waals surface area contributed by atoms with E-state index in [2.05, 4.69) is 38.1 Å². The molecule has 7 heteroatoms. The summed E-state index contributed by atoms with van der Waals surface area (Å²) in [4.78, 5) is 19.7. The lowest BCUT2D eigenvalue weighted by Gasteiger charge is -2.26. The van der Waals surface area contributed by atoms with Crippen molar-refractivity contribution < 1.29 is 4.79 Å². The van der Waals surface area contributed by atoms with Gasteiger partial charge >= 0.3 is 0 Å². The van der Waals surface area contributed by atoms with Crippen LogP contribution in [0.2, 0.25) is 0 Å². The molecule has 0 spiro atoms. The van der Waals surface area contributed by atoms with E-state index < -0.39 is 0 Å². The maximum atomic E-state index is 13.3. The van der Waals surface area contributed by atoms with Crippen LogP contribution in [0.25, 0.3) is 21.8 Å². The molecule has 0 fully saturated rings. The van der Waals surface area contributed by atoms with Crippen molar-refractivity contribution in [3.05, 3.63) is 63.8 Å². The maximum absolute atomic E-state index is 13.3. The molecule has 1 atom stereocenters. The summed E-state index contributed by atoms with van der Waals surface area (Å²) in [6.45, 7) is 0. The third-order valence-corrected chi connectivity index (χ3v) is 6.39. The van der Waals surface area contributed by atoms with Crippen LogP contribution in [-0.4, -0.2) is 32.6 Å². The number of fused-ring (bicyclic) bond motifs is 4. The first-order chi connectivity index (χ1) is 13.9. The van der Waals surface area contributed by atoms with E-state index in [1.165, 1.54) is 11.1 Å². The van der Waals surface area contributed by atoms with Crippen LogP contribution in [0, 0.1) is 0 Å². The number of pyridine rings is 1. The topological polar surface area (TPSA) is 77.0 Å². The van der Waals surface area contributed by atoms with Gasteiger partial charge in [-0.25, -0.2) is 4.98 Å². The highest BCUT2D eigenvalue weighted by Gasteiger charge is 2.29. The van der Waals surface area contributed by atoms with Crippen LogP contribution in [0.3, 0.4) is 0 Å². The number of aryl methyl sites for hydroxylation is 2. The number of amides is 1. The largest absolute Gasteiger partial charge is 0.383 e. The summed E-state index contributed by atoms with van der Waals surface area (Å²) in [7, 11) is 3.75. The van der Waals surface area contributed by atoms with Gasteiger partial charge in [0, 0.05) is 29.5 Å². The number of nitrogens with zero attached hydrogens (tertiary/aromatic N) is 4. The van der Waals surface area contributed by atoms with Gasteiger partial charge in [-0.15, -0.1) is 0 Å². The first-order valence-electron chi connectivity index (χ1n) is 9.50. The second-order valence-corrected chi connectivity index (χ2v) is 8.49. The smallest absolute Gasteiger partial charge is 0.254 e. The summed E-state index contributed by atoms with van der Waals surface area (Å²) in [6.07, 6.45) is 3.63. The number of hydrogen-bond acceptors (Lipinski definition) is 4. The quantitative estimate of drug-likeness (QED) is 0.496. The Labute approximate surface area is 176 Å². The Morgan fingerprint density at radius 3 is 2.90 bits per heavy atom. The molecule has 29 heavy (non-hydrogen) atoms. The lowest BCUT2D eigenvalue weighted by molar-refractivity contribution is 0.0731. The van der Waals surface area contributed by atoms with E-state index in [-0.39, 0.29) is 11.9 Å². The zero-order valence-electron chi connectivity index (χ0n) is 16.2. The zero-order chi connectivity index (χ0) is 20.3. The highest BCUT2D eigenvalue weighted by atomic mass is 79.9. The summed E-state index contributed by atoms with van der Waals surface area (Å²) in [5, 5.41) is 5.99. The molecule has 6 nitrogen and oxygen atoms in total. The Hall–Kier alpha value is -2.93. The van der Waals surface area contributed by atoms with Crippen LogP contribution in [0.5, 0.6) is 0 Å². The molecule has 1 amide bonds. The van der Waals surface area contributed by atoms with Gasteiger partial charge in [0.2, 0.25) is 0 Å². The van der Waals surface area contributed by atoms with E-state index in [4.69, 9.17) is 5.73 Å². The van der Waals surface area contributed by atoms with Crippen molar-refractivity contribution in [2.24, 2.45) is 7.05 Å². The average Bonchev–Trinajstić information content (AvgIpc) is 3.30. The Kier molecular flexibility index (Phi) is 4.10. The molecule has 0 saturated heterocycles. The number of halogens is 1. The van der Waals surface area contributed by atoms with Crippen molar-refractivity contribution in [2.45, 2.75) is 18.9 Å². The second-order valence-electron chi connectivity index (χ2n) is 7.57. The van der Waals surface area contributed by atoms with Gasteiger partial charge in [-0.2, -0.15) is 5.10 Å². The predicted molar refractivity (Wildman–Crippen MR) is 118 cm³/mol. The van der Waals surface area contributed by atoms with E-state index in [0.717, 1.165) is 39.1 Å². The summed E-state index contributed by atoms with van der Waals surface area (Å²) < 4.78 is 2.85. The van der Waals surface area contributed by atoms with Crippen molar-refractivity contribution in [3.63, 3.8) is 0 Å². The Bertz CT molecular complexity index is 1300. The van der Waals surface area contributed by atoms with Gasteiger partial charge in [0.1, 0.15) is 5.82 Å². The highest BCUT2D eigenvalue weighted by molar-refractivity contribution is 9.10. The monoisotopic (exact) mass is 449 g/mol. The van der Waals surface area contributed by atoms with Gasteiger partial charge in [0.25, 0.3) is 5.91 Å². The van der Waals surface area contributed by atoms with Crippen molar-refractivity contribution >= 4 is 49.5 Å². The fourth-order valence-corrected chi connectivity index (χ4v) is 4.81. The van der Waals surface area contributed by atoms with Gasteiger partial charge in [-0.05, 0) is 54.3 Å². The number of benzene rings is 2. The number of nitrogen functional groups attached to an aromatic ring is 1. The molecular formula is C22H20BrN5O. The van der Waals surface area contributed by atoms with Gasteiger partial charge < -0.3 is 10.6 Å². The molecule has 2 aromatic carbocycles. The Morgan fingerprint density at radius 1 is 1.24 bits per heavy atom. The van der Waals surface area contributed by atoms with Crippen molar-refractivity contribution in [1.82, 2.24) is 19.7 Å². The summed E-state index contributed by atoms with van der Waals surface area (Å²) in [5.74, 6) is 0.449. The molecule has 1 aliphatic rings. The third kappa shape index (κ3) is 2.80. The van der Waals surface area contributed by atoms with E-state index in [0.29, 0.717) is 11.4 Å². The SMILES string of the molecule is CN(C(=O)c1ccc2nc(N)c3cnn(C)c3c2c1)C1CCc2cc(Br)ccc21. The highest BCUT2D eigenvalue weighted by Crippen LogP contribution is 2.37. The fourth-order valence-electron chi connectivity index (χ4n) is 4.40. The van der Waals surface area contributed by atoms with Crippen LogP contribution >= 0.6 is 15.9 Å². The van der Waals surface area contributed by atoms with E-state index >= 15 is 0 Å². The first-order valence-corrected chi connectivity index (χ1v) is 10.3. The molecule has 0 bridgehead atoms. The number of rotatable bonds is 2. The first kappa shape index (κ1) is 18.1. The minimum atomic E-state index is -0.000174. The molecule has 2 heterocycles. The van der Waals surface area contributed by atoms with Gasteiger partial charge in [0.15, 0.2) is 0 Å². The molecule has 4 aromatic rings. The predicted octanol–water partition coefficient (Wildman–Crippen LogP) is 4.23. The van der Waals surface area contributed by atoms with Crippen LogP contribution in [0.1, 0.15) is 33.9 Å². The summed E-state index contributed by atoms with van der Waals surface area (Å²) in [6, 6.07) is 12.0. The number of nitrogens with two attached hydrogens (primary N) is 1. The van der Waals surface area contributed by atoms with Crippen LogP contribution < -0.4 is 5.73 Å². The summed E-state index contributed by atoms with van der Waals surface area (Å²) >= 11 is 3.54. The van der Waals surface area contributed by atoms with Gasteiger partial charge in [0.05, 0.1) is 28.7 Å². The van der Waals surface area contributed by atoms with Crippen LogP contribution in [0.4, 0.5) is 5.82 Å². The second kappa shape index (κ2) is 6.56. The standard InChI is InChI=1S/C22H20BrN5O/c1-27(19-8-4-12-9-14(23)5-6-15(12)19)22(29)13-3-7-18-16(10-13)20-17(21(24)26-18)11-25-28(20)2/h3,5-7,9-11,19H,4,8H2,1-2H3,(H2,24,26). The molecule has 1 unspecified atom stereocenters. The molecule has 0 saturated carbocycles.